The molecule has 0 aliphatic carbocycles. The number of hydrogen-bond acceptors (Lipinski definition) is 5. The van der Waals surface area contributed by atoms with Crippen LogP contribution < -0.4 is 20.9 Å². The van der Waals surface area contributed by atoms with Crippen LogP contribution in [-0.2, 0) is 4.79 Å². The standard InChI is InChI=1S/C18H14N4O4/c1-10-16(23)21-13-8-11(5-6-14(13)26-10)20-17(24)12-9-19-15-4-2-3-7-22(15)18(12)25/h2-10H,1H3,(H,20,24)(H,21,23). The van der Waals surface area contributed by atoms with Crippen molar-refractivity contribution in [3.63, 3.8) is 0 Å². The number of fused-ring (bicyclic) bond motifs is 2. The van der Waals surface area contributed by atoms with Crippen LogP contribution in [0.3, 0.4) is 0 Å². The van der Waals surface area contributed by atoms with Crippen molar-refractivity contribution in [2.24, 2.45) is 0 Å². The predicted octanol–water partition coefficient (Wildman–Crippen LogP) is 1.67. The zero-order chi connectivity index (χ0) is 18.3. The highest BCUT2D eigenvalue weighted by Crippen LogP contribution is 2.32. The molecule has 0 radical (unpaired) electrons. The quantitative estimate of drug-likeness (QED) is 0.732. The zero-order valence-corrected chi connectivity index (χ0v) is 13.7. The van der Waals surface area contributed by atoms with E-state index in [0.29, 0.717) is 22.8 Å². The number of hydrogen-bond donors (Lipinski definition) is 2. The van der Waals surface area contributed by atoms with E-state index in [1.807, 2.05) is 0 Å². The van der Waals surface area contributed by atoms with Crippen molar-refractivity contribution in [3.05, 3.63) is 64.7 Å². The first-order valence-corrected chi connectivity index (χ1v) is 7.92. The Morgan fingerprint density at radius 2 is 2.12 bits per heavy atom. The minimum Gasteiger partial charge on any atom is -0.479 e. The van der Waals surface area contributed by atoms with E-state index in [4.69, 9.17) is 4.74 Å². The Morgan fingerprint density at radius 3 is 2.96 bits per heavy atom. The van der Waals surface area contributed by atoms with Gasteiger partial charge in [-0.15, -0.1) is 0 Å². The molecule has 8 heteroatoms. The summed E-state index contributed by atoms with van der Waals surface area (Å²) in [5.74, 6) is -0.336. The minimum atomic E-state index is -0.586. The maximum Gasteiger partial charge on any atom is 0.270 e. The van der Waals surface area contributed by atoms with Gasteiger partial charge in [0.2, 0.25) is 0 Å². The van der Waals surface area contributed by atoms with E-state index in [1.54, 1.807) is 49.5 Å². The topological polar surface area (TPSA) is 102 Å². The third-order valence-corrected chi connectivity index (χ3v) is 4.03. The van der Waals surface area contributed by atoms with Crippen molar-refractivity contribution in [2.75, 3.05) is 10.6 Å². The van der Waals surface area contributed by atoms with E-state index >= 15 is 0 Å². The number of anilines is 2. The second-order valence-corrected chi connectivity index (χ2v) is 5.82. The van der Waals surface area contributed by atoms with Crippen molar-refractivity contribution in [1.82, 2.24) is 9.38 Å². The van der Waals surface area contributed by atoms with Gasteiger partial charge >= 0.3 is 0 Å². The number of ether oxygens (including phenoxy) is 1. The molecule has 0 saturated carbocycles. The maximum absolute atomic E-state index is 12.5. The molecule has 1 unspecified atom stereocenters. The molecule has 0 fully saturated rings. The molecule has 1 aliphatic rings. The molecule has 130 valence electrons. The number of pyridine rings is 1. The number of amides is 2. The molecule has 8 nitrogen and oxygen atoms in total. The molecule has 3 aromatic rings. The smallest absolute Gasteiger partial charge is 0.270 e. The van der Waals surface area contributed by atoms with Gasteiger partial charge in [-0.25, -0.2) is 4.98 Å². The first-order chi connectivity index (χ1) is 12.5. The predicted molar refractivity (Wildman–Crippen MR) is 94.6 cm³/mol. The lowest BCUT2D eigenvalue weighted by Crippen LogP contribution is -2.34. The summed E-state index contributed by atoms with van der Waals surface area (Å²) < 4.78 is 6.77. The molecule has 0 saturated heterocycles. The van der Waals surface area contributed by atoms with Gasteiger partial charge < -0.3 is 15.4 Å². The Balaban J connectivity index is 1.63. The average Bonchev–Trinajstić information content (AvgIpc) is 2.63. The van der Waals surface area contributed by atoms with Crippen LogP contribution in [0.4, 0.5) is 11.4 Å². The van der Waals surface area contributed by atoms with Crippen molar-refractivity contribution in [2.45, 2.75) is 13.0 Å². The second-order valence-electron chi connectivity index (χ2n) is 5.82. The van der Waals surface area contributed by atoms with E-state index < -0.39 is 17.6 Å². The molecule has 1 aromatic carbocycles. The van der Waals surface area contributed by atoms with Gasteiger partial charge in [0.05, 0.1) is 5.69 Å². The van der Waals surface area contributed by atoms with Crippen molar-refractivity contribution in [1.29, 1.82) is 0 Å². The highest BCUT2D eigenvalue weighted by atomic mass is 16.5. The summed E-state index contributed by atoms with van der Waals surface area (Å²) in [6, 6.07) is 9.97. The van der Waals surface area contributed by atoms with E-state index in [1.165, 1.54) is 10.6 Å². The summed E-state index contributed by atoms with van der Waals surface area (Å²) in [6.45, 7) is 1.65. The summed E-state index contributed by atoms with van der Waals surface area (Å²) in [7, 11) is 0. The summed E-state index contributed by atoms with van der Waals surface area (Å²) >= 11 is 0. The maximum atomic E-state index is 12.5. The number of benzene rings is 1. The lowest BCUT2D eigenvalue weighted by molar-refractivity contribution is -0.122. The van der Waals surface area contributed by atoms with Crippen LogP contribution in [0.25, 0.3) is 5.65 Å². The Hall–Kier alpha value is -3.68. The number of carbonyl (C=O) groups excluding carboxylic acids is 2. The van der Waals surface area contributed by atoms with E-state index in [0.717, 1.165) is 0 Å². The van der Waals surface area contributed by atoms with Crippen LogP contribution in [0.1, 0.15) is 17.3 Å². The van der Waals surface area contributed by atoms with Gasteiger partial charge in [0.1, 0.15) is 17.0 Å². The summed E-state index contributed by atoms with van der Waals surface area (Å²) in [5.41, 5.74) is 0.790. The Bertz CT molecular complexity index is 1110. The molecular weight excluding hydrogens is 336 g/mol. The van der Waals surface area contributed by atoms with Gasteiger partial charge in [0.15, 0.2) is 6.10 Å². The van der Waals surface area contributed by atoms with E-state index in [2.05, 4.69) is 15.6 Å². The fraction of sp³-hybridized carbons (Fsp3) is 0.111. The molecular formula is C18H14N4O4. The first kappa shape index (κ1) is 15.8. The van der Waals surface area contributed by atoms with Crippen molar-refractivity contribution in [3.8, 4) is 5.75 Å². The molecule has 0 spiro atoms. The molecule has 1 atom stereocenters. The lowest BCUT2D eigenvalue weighted by Gasteiger charge is -2.23. The molecule has 2 aromatic heterocycles. The number of aromatic nitrogens is 2. The van der Waals surface area contributed by atoms with Crippen LogP contribution >= 0.6 is 0 Å². The molecule has 3 heterocycles. The van der Waals surface area contributed by atoms with Crippen LogP contribution in [0.2, 0.25) is 0 Å². The van der Waals surface area contributed by atoms with Crippen molar-refractivity contribution < 1.29 is 14.3 Å². The van der Waals surface area contributed by atoms with Crippen LogP contribution in [0.15, 0.2) is 53.6 Å². The molecule has 2 amide bonds. The van der Waals surface area contributed by atoms with Crippen molar-refractivity contribution >= 4 is 28.8 Å². The minimum absolute atomic E-state index is 0.0830. The van der Waals surface area contributed by atoms with Crippen LogP contribution in [0, 0.1) is 0 Å². The van der Waals surface area contributed by atoms with E-state index in [9.17, 15) is 14.4 Å². The zero-order valence-electron chi connectivity index (χ0n) is 13.7. The average molecular weight is 350 g/mol. The Kier molecular flexibility index (Phi) is 3.65. The monoisotopic (exact) mass is 350 g/mol. The molecule has 1 aliphatic heterocycles. The van der Waals surface area contributed by atoms with E-state index in [-0.39, 0.29) is 11.5 Å². The largest absolute Gasteiger partial charge is 0.479 e. The van der Waals surface area contributed by atoms with Gasteiger partial charge in [-0.05, 0) is 37.3 Å². The lowest BCUT2D eigenvalue weighted by atomic mass is 10.2. The summed E-state index contributed by atoms with van der Waals surface area (Å²) in [5, 5.41) is 5.35. The van der Waals surface area contributed by atoms with Gasteiger partial charge in [-0.2, -0.15) is 0 Å². The Labute approximate surface area is 147 Å². The number of carbonyl (C=O) groups is 2. The van der Waals surface area contributed by atoms with Crippen LogP contribution in [-0.4, -0.2) is 27.3 Å². The third kappa shape index (κ3) is 2.67. The fourth-order valence-corrected chi connectivity index (χ4v) is 2.67. The van der Waals surface area contributed by atoms with Crippen LogP contribution in [0.5, 0.6) is 5.75 Å². The molecule has 4 rings (SSSR count). The number of nitrogens with one attached hydrogen (secondary N) is 2. The highest BCUT2D eigenvalue weighted by molar-refractivity contribution is 6.05. The summed E-state index contributed by atoms with van der Waals surface area (Å²) in [6.07, 6.45) is 2.22. The molecule has 0 bridgehead atoms. The number of nitrogens with zero attached hydrogens (tertiary/aromatic N) is 2. The normalized spacial score (nSPS) is 15.7. The highest BCUT2D eigenvalue weighted by Gasteiger charge is 2.24. The first-order valence-electron chi connectivity index (χ1n) is 7.92. The third-order valence-electron chi connectivity index (χ3n) is 4.03. The van der Waals surface area contributed by atoms with Gasteiger partial charge in [0.25, 0.3) is 17.4 Å². The second kappa shape index (κ2) is 5.99. The summed E-state index contributed by atoms with van der Waals surface area (Å²) in [4.78, 5) is 40.8. The van der Waals surface area contributed by atoms with Gasteiger partial charge in [-0.1, -0.05) is 6.07 Å². The molecule has 26 heavy (non-hydrogen) atoms. The SMILES string of the molecule is CC1Oc2ccc(NC(=O)c3cnc4ccccn4c3=O)cc2NC1=O. The molecule has 2 N–H and O–H groups in total. The fourth-order valence-electron chi connectivity index (χ4n) is 2.67. The Morgan fingerprint density at radius 1 is 1.27 bits per heavy atom. The van der Waals surface area contributed by atoms with Gasteiger partial charge in [0, 0.05) is 18.1 Å². The van der Waals surface area contributed by atoms with Gasteiger partial charge in [-0.3, -0.25) is 18.8 Å². The number of rotatable bonds is 2.